The highest BCUT2D eigenvalue weighted by molar-refractivity contribution is 5.99. The molecular weight excluding hydrogens is 262 g/mol. The van der Waals surface area contributed by atoms with Crippen LogP contribution >= 0.6 is 0 Å². The highest BCUT2D eigenvalue weighted by Crippen LogP contribution is 2.40. The molecule has 3 rings (SSSR count). The van der Waals surface area contributed by atoms with Gasteiger partial charge in [-0.3, -0.25) is 10.2 Å². The lowest BCUT2D eigenvalue weighted by atomic mass is 9.87. The first-order chi connectivity index (χ1) is 10.0. The highest BCUT2D eigenvalue weighted by Gasteiger charge is 2.26. The van der Waals surface area contributed by atoms with E-state index in [9.17, 15) is 4.79 Å². The predicted octanol–water partition coefficient (Wildman–Crippen LogP) is 3.27. The van der Waals surface area contributed by atoms with Crippen molar-refractivity contribution in [2.24, 2.45) is 5.84 Å². The first kappa shape index (κ1) is 14.1. The summed E-state index contributed by atoms with van der Waals surface area (Å²) in [5.41, 5.74) is 6.96. The van der Waals surface area contributed by atoms with Gasteiger partial charge in [0, 0.05) is 28.2 Å². The van der Waals surface area contributed by atoms with Crippen molar-refractivity contribution in [1.29, 1.82) is 0 Å². The molecule has 21 heavy (non-hydrogen) atoms. The number of nitrogens with one attached hydrogen (secondary N) is 1. The zero-order valence-corrected chi connectivity index (χ0v) is 12.9. The fourth-order valence-electron chi connectivity index (χ4n) is 3.70. The minimum atomic E-state index is -0.230. The van der Waals surface area contributed by atoms with E-state index in [1.54, 1.807) is 0 Å². The second kappa shape index (κ2) is 5.19. The number of aromatic nitrogens is 1. The monoisotopic (exact) mass is 285 g/mol. The smallest absolute Gasteiger partial charge is 0.265 e. The summed E-state index contributed by atoms with van der Waals surface area (Å²) in [5.74, 6) is 5.61. The molecule has 0 saturated heterocycles. The minimum Gasteiger partial charge on any atom is -0.342 e. The number of nitrogens with two attached hydrogens (primary N) is 1. The number of amides is 1. The predicted molar refractivity (Wildman–Crippen MR) is 85.3 cm³/mol. The van der Waals surface area contributed by atoms with Gasteiger partial charge in [0.15, 0.2) is 0 Å². The van der Waals surface area contributed by atoms with Crippen molar-refractivity contribution >= 4 is 16.8 Å². The average Bonchev–Trinajstić information content (AvgIpc) is 2.81. The number of hydrogen-bond donors (Lipinski definition) is 2. The minimum absolute atomic E-state index is 0.230. The van der Waals surface area contributed by atoms with E-state index in [1.807, 2.05) is 12.1 Å². The number of hydrazine groups is 1. The maximum atomic E-state index is 11.8. The van der Waals surface area contributed by atoms with Crippen LogP contribution in [0.1, 0.15) is 67.2 Å². The van der Waals surface area contributed by atoms with Crippen LogP contribution in [0, 0.1) is 0 Å². The van der Waals surface area contributed by atoms with Gasteiger partial charge in [0.2, 0.25) is 0 Å². The van der Waals surface area contributed by atoms with Gasteiger partial charge in [0.05, 0.1) is 0 Å². The molecule has 1 unspecified atom stereocenters. The Hall–Kier alpha value is -1.81. The first-order valence-corrected chi connectivity index (χ1v) is 7.72. The van der Waals surface area contributed by atoms with Crippen molar-refractivity contribution in [2.45, 2.75) is 52.0 Å². The number of carbonyl (C=O) groups excluding carboxylic acids is 1. The van der Waals surface area contributed by atoms with Gasteiger partial charge in [-0.1, -0.05) is 6.92 Å². The quantitative estimate of drug-likeness (QED) is 0.505. The number of carbonyl (C=O) groups is 1. The molecule has 1 aromatic carbocycles. The highest BCUT2D eigenvalue weighted by atomic mass is 16.2. The molecule has 1 aromatic heterocycles. The third-order valence-electron chi connectivity index (χ3n) is 4.59. The molecule has 112 valence electrons. The maximum absolute atomic E-state index is 11.8. The summed E-state index contributed by atoms with van der Waals surface area (Å²) in [6.45, 7) is 6.76. The maximum Gasteiger partial charge on any atom is 0.265 e. The molecule has 4 nitrogen and oxygen atoms in total. The lowest BCUT2D eigenvalue weighted by molar-refractivity contribution is 0.0954. The Kier molecular flexibility index (Phi) is 3.49. The molecule has 4 heteroatoms. The first-order valence-electron chi connectivity index (χ1n) is 7.72. The van der Waals surface area contributed by atoms with Crippen molar-refractivity contribution in [1.82, 2.24) is 9.99 Å². The van der Waals surface area contributed by atoms with Gasteiger partial charge in [-0.25, -0.2) is 5.84 Å². The molecular formula is C17H23N3O. The third-order valence-corrected chi connectivity index (χ3v) is 4.59. The fourth-order valence-corrected chi connectivity index (χ4v) is 3.70. The van der Waals surface area contributed by atoms with Crippen LogP contribution in [0.3, 0.4) is 0 Å². The van der Waals surface area contributed by atoms with Gasteiger partial charge in [-0.05, 0) is 62.8 Å². The van der Waals surface area contributed by atoms with Gasteiger partial charge in [-0.15, -0.1) is 0 Å². The Morgan fingerprint density at radius 2 is 2.19 bits per heavy atom. The van der Waals surface area contributed by atoms with Gasteiger partial charge in [-0.2, -0.15) is 0 Å². The zero-order chi connectivity index (χ0) is 15.1. The summed E-state index contributed by atoms with van der Waals surface area (Å²) < 4.78 is 2.44. The fraction of sp³-hybridized carbons (Fsp3) is 0.471. The summed E-state index contributed by atoms with van der Waals surface area (Å²) in [4.78, 5) is 11.8. The Bertz CT molecular complexity index is 700. The Balaban J connectivity index is 2.30. The van der Waals surface area contributed by atoms with E-state index in [4.69, 9.17) is 5.84 Å². The molecule has 0 fully saturated rings. The van der Waals surface area contributed by atoms with E-state index in [0.717, 1.165) is 6.42 Å². The number of rotatable bonds is 2. The van der Waals surface area contributed by atoms with Crippen molar-refractivity contribution in [2.75, 3.05) is 0 Å². The zero-order valence-electron chi connectivity index (χ0n) is 12.9. The Morgan fingerprint density at radius 1 is 1.43 bits per heavy atom. The van der Waals surface area contributed by atoms with E-state index in [1.165, 1.54) is 35.0 Å². The van der Waals surface area contributed by atoms with Gasteiger partial charge >= 0.3 is 0 Å². The molecule has 1 atom stereocenters. The molecule has 2 aromatic rings. The number of aryl methyl sites for hydroxylation is 1. The van der Waals surface area contributed by atoms with Crippen LogP contribution in [0.4, 0.5) is 0 Å². The van der Waals surface area contributed by atoms with Gasteiger partial charge in [0.25, 0.3) is 5.91 Å². The molecule has 1 heterocycles. The summed E-state index contributed by atoms with van der Waals surface area (Å²) in [7, 11) is 0. The van der Waals surface area contributed by atoms with Gasteiger partial charge in [0.1, 0.15) is 0 Å². The van der Waals surface area contributed by atoms with Crippen molar-refractivity contribution < 1.29 is 4.79 Å². The molecule has 0 saturated carbocycles. The van der Waals surface area contributed by atoms with Crippen molar-refractivity contribution in [3.8, 4) is 0 Å². The summed E-state index contributed by atoms with van der Waals surface area (Å²) in [6, 6.07) is 6.34. The molecule has 0 bridgehead atoms. The van der Waals surface area contributed by atoms with E-state index < -0.39 is 0 Å². The molecule has 1 amide bonds. The van der Waals surface area contributed by atoms with Crippen LogP contribution in [-0.2, 0) is 6.42 Å². The number of benzene rings is 1. The molecule has 0 radical (unpaired) electrons. The van der Waals surface area contributed by atoms with Crippen LogP contribution in [0.2, 0.25) is 0 Å². The standard InChI is InChI=1S/C17H23N3O/c1-10(2)20-15-8-7-12(17(21)19-18)9-14(15)13-6-4-5-11(3)16(13)20/h7-11H,4-6,18H2,1-3H3,(H,19,21). The number of nitrogens with zero attached hydrogens (tertiary/aromatic N) is 1. The molecule has 1 aliphatic rings. The number of nitrogen functional groups attached to an aromatic ring is 1. The van der Waals surface area contributed by atoms with Crippen LogP contribution in [0.15, 0.2) is 18.2 Å². The molecule has 0 spiro atoms. The lowest BCUT2D eigenvalue weighted by Gasteiger charge is -2.24. The normalized spacial score (nSPS) is 18.0. The van der Waals surface area contributed by atoms with Crippen LogP contribution in [0.5, 0.6) is 0 Å². The molecule has 3 N–H and O–H groups in total. The van der Waals surface area contributed by atoms with Crippen LogP contribution in [-0.4, -0.2) is 10.5 Å². The number of fused-ring (bicyclic) bond motifs is 3. The van der Waals surface area contributed by atoms with Gasteiger partial charge < -0.3 is 4.57 Å². The van der Waals surface area contributed by atoms with Crippen LogP contribution < -0.4 is 11.3 Å². The largest absolute Gasteiger partial charge is 0.342 e. The van der Waals surface area contributed by atoms with Crippen LogP contribution in [0.25, 0.3) is 10.9 Å². The van der Waals surface area contributed by atoms with E-state index in [-0.39, 0.29) is 5.91 Å². The second-order valence-electron chi connectivity index (χ2n) is 6.33. The topological polar surface area (TPSA) is 60.0 Å². The third kappa shape index (κ3) is 2.14. The summed E-state index contributed by atoms with van der Waals surface area (Å²) in [5, 5.41) is 1.21. The van der Waals surface area contributed by atoms with E-state index >= 15 is 0 Å². The number of hydrogen-bond acceptors (Lipinski definition) is 2. The lowest BCUT2D eigenvalue weighted by Crippen LogP contribution is -2.29. The second-order valence-corrected chi connectivity index (χ2v) is 6.33. The summed E-state index contributed by atoms with van der Waals surface area (Å²) >= 11 is 0. The summed E-state index contributed by atoms with van der Waals surface area (Å²) in [6.07, 6.45) is 3.56. The molecule has 1 aliphatic carbocycles. The van der Waals surface area contributed by atoms with Crippen molar-refractivity contribution in [3.05, 3.63) is 35.0 Å². The SMILES string of the molecule is CC1CCCc2c1n(C(C)C)c1ccc(C(=O)NN)cc21. The Labute approximate surface area is 125 Å². The molecule has 0 aliphatic heterocycles. The Morgan fingerprint density at radius 3 is 2.86 bits per heavy atom. The van der Waals surface area contributed by atoms with Crippen molar-refractivity contribution in [3.63, 3.8) is 0 Å². The average molecular weight is 285 g/mol. The van der Waals surface area contributed by atoms with E-state index in [0.29, 0.717) is 17.5 Å². The van der Waals surface area contributed by atoms with E-state index in [2.05, 4.69) is 36.8 Å².